The third-order valence-electron chi connectivity index (χ3n) is 2.56. The number of nitro benzene ring substituents is 2. The number of carbonyl (C=O) groups excluding carboxylic acids is 1. The van der Waals surface area contributed by atoms with Gasteiger partial charge in [-0.3, -0.25) is 25.0 Å². The molecule has 0 aliphatic rings. The lowest BCUT2D eigenvalue weighted by atomic mass is 9.96. The maximum atomic E-state index is 12.8. The highest BCUT2D eigenvalue weighted by molar-refractivity contribution is 6.01. The highest BCUT2D eigenvalue weighted by Gasteiger charge is 2.42. The number of Topliss-reactive ketones (excluding diaryl/α,β-unsaturated/α-hetero) is 1. The minimum atomic E-state index is -5.12. The van der Waals surface area contributed by atoms with Crippen LogP contribution in [0.3, 0.4) is 0 Å². The van der Waals surface area contributed by atoms with Crippen LogP contribution < -0.4 is 0 Å². The number of halogens is 3. The van der Waals surface area contributed by atoms with Crippen molar-refractivity contribution in [3.05, 3.63) is 43.0 Å². The van der Waals surface area contributed by atoms with Gasteiger partial charge < -0.3 is 0 Å². The number of nitrogens with zero attached hydrogens (tertiary/aromatic N) is 2. The Bertz CT molecular complexity index is 624. The fourth-order valence-corrected chi connectivity index (χ4v) is 1.75. The molecule has 1 rings (SSSR count). The van der Waals surface area contributed by atoms with Crippen LogP contribution in [0, 0.1) is 27.2 Å². The number of alkyl halides is 3. The standard InChI is InChI=1S/C10H7F3N2O5/c1-4-7(14(17)18)3-6(10(11,12)13)8(5(2)16)9(4)15(19)20/h3H,1-2H3. The second-order valence-corrected chi connectivity index (χ2v) is 3.86. The molecule has 10 heteroatoms. The number of rotatable bonds is 3. The number of hydrogen-bond donors (Lipinski definition) is 0. The first kappa shape index (κ1) is 15.5. The summed E-state index contributed by atoms with van der Waals surface area (Å²) in [6, 6.07) is 0.138. The molecule has 108 valence electrons. The summed E-state index contributed by atoms with van der Waals surface area (Å²) in [6.07, 6.45) is -5.12. The lowest BCUT2D eigenvalue weighted by molar-refractivity contribution is -0.395. The van der Waals surface area contributed by atoms with Crippen molar-refractivity contribution in [3.63, 3.8) is 0 Å². The second kappa shape index (κ2) is 4.87. The van der Waals surface area contributed by atoms with Gasteiger partial charge >= 0.3 is 6.18 Å². The predicted octanol–water partition coefficient (Wildman–Crippen LogP) is 3.03. The van der Waals surface area contributed by atoms with Crippen molar-refractivity contribution in [2.24, 2.45) is 0 Å². The third-order valence-corrected chi connectivity index (χ3v) is 2.56. The second-order valence-electron chi connectivity index (χ2n) is 3.86. The van der Waals surface area contributed by atoms with Crippen molar-refractivity contribution in [1.29, 1.82) is 0 Å². The van der Waals surface area contributed by atoms with Gasteiger partial charge in [-0.2, -0.15) is 13.2 Å². The van der Waals surface area contributed by atoms with Gasteiger partial charge in [-0.25, -0.2) is 0 Å². The molecule has 0 radical (unpaired) electrons. The average molecular weight is 292 g/mol. The van der Waals surface area contributed by atoms with Gasteiger partial charge in [0.15, 0.2) is 5.78 Å². The zero-order valence-corrected chi connectivity index (χ0v) is 10.1. The molecule has 0 N–H and O–H groups in total. The molecule has 0 unspecified atom stereocenters. The normalized spacial score (nSPS) is 11.2. The minimum absolute atomic E-state index is 0.138. The van der Waals surface area contributed by atoms with E-state index in [0.29, 0.717) is 0 Å². The summed E-state index contributed by atoms with van der Waals surface area (Å²) in [6.45, 7) is 1.64. The molecule has 0 bridgehead atoms. The molecule has 0 saturated heterocycles. The summed E-state index contributed by atoms with van der Waals surface area (Å²) in [5.41, 5.74) is -5.72. The van der Waals surface area contributed by atoms with Gasteiger partial charge in [0, 0.05) is 6.07 Å². The van der Waals surface area contributed by atoms with Crippen LogP contribution in [0.1, 0.15) is 28.4 Å². The van der Waals surface area contributed by atoms with Gasteiger partial charge in [-0.15, -0.1) is 0 Å². The van der Waals surface area contributed by atoms with Crippen LogP contribution in [0.2, 0.25) is 0 Å². The predicted molar refractivity (Wildman–Crippen MR) is 59.5 cm³/mol. The van der Waals surface area contributed by atoms with Crippen LogP contribution >= 0.6 is 0 Å². The smallest absolute Gasteiger partial charge is 0.294 e. The van der Waals surface area contributed by atoms with E-state index in [1.54, 1.807) is 0 Å². The maximum Gasteiger partial charge on any atom is 0.417 e. The summed E-state index contributed by atoms with van der Waals surface area (Å²) in [4.78, 5) is 30.5. The zero-order chi connectivity index (χ0) is 15.8. The minimum Gasteiger partial charge on any atom is -0.294 e. The Morgan fingerprint density at radius 1 is 1.20 bits per heavy atom. The molecule has 0 aliphatic carbocycles. The topological polar surface area (TPSA) is 103 Å². The number of carbonyl (C=O) groups is 1. The molecule has 1 aromatic rings. The highest BCUT2D eigenvalue weighted by atomic mass is 19.4. The fourth-order valence-electron chi connectivity index (χ4n) is 1.75. The van der Waals surface area contributed by atoms with Crippen LogP contribution in [0.15, 0.2) is 6.07 Å². The van der Waals surface area contributed by atoms with Crippen molar-refractivity contribution < 1.29 is 27.8 Å². The van der Waals surface area contributed by atoms with E-state index in [2.05, 4.69) is 0 Å². The molecule has 0 heterocycles. The quantitative estimate of drug-likeness (QED) is 0.484. The zero-order valence-electron chi connectivity index (χ0n) is 10.1. The van der Waals surface area contributed by atoms with Crippen molar-refractivity contribution in [2.75, 3.05) is 0 Å². The van der Waals surface area contributed by atoms with Crippen LogP contribution in [0.4, 0.5) is 24.5 Å². The lowest BCUT2D eigenvalue weighted by Crippen LogP contribution is -2.16. The molecule has 0 saturated carbocycles. The number of benzene rings is 1. The first-order chi connectivity index (χ1) is 8.98. The summed E-state index contributed by atoms with van der Waals surface area (Å²) >= 11 is 0. The van der Waals surface area contributed by atoms with E-state index < -0.39 is 49.9 Å². The number of hydrogen-bond acceptors (Lipinski definition) is 5. The van der Waals surface area contributed by atoms with Crippen molar-refractivity contribution >= 4 is 17.2 Å². The molecule has 0 aliphatic heterocycles. The molecular weight excluding hydrogens is 285 g/mol. The number of ketones is 1. The van der Waals surface area contributed by atoms with E-state index in [1.807, 2.05) is 0 Å². The SMILES string of the molecule is CC(=O)c1c(C(F)(F)F)cc([N+](=O)[O-])c(C)c1[N+](=O)[O-]. The van der Waals surface area contributed by atoms with Crippen molar-refractivity contribution in [3.8, 4) is 0 Å². The Morgan fingerprint density at radius 3 is 2.00 bits per heavy atom. The van der Waals surface area contributed by atoms with Gasteiger partial charge in [0.25, 0.3) is 11.4 Å². The van der Waals surface area contributed by atoms with Crippen LogP contribution in [-0.2, 0) is 6.18 Å². The molecule has 7 nitrogen and oxygen atoms in total. The van der Waals surface area contributed by atoms with E-state index in [-0.39, 0.29) is 6.07 Å². The Hall–Kier alpha value is -2.52. The van der Waals surface area contributed by atoms with Crippen LogP contribution in [0.25, 0.3) is 0 Å². The molecule has 0 atom stereocenters. The Morgan fingerprint density at radius 2 is 1.70 bits per heavy atom. The third kappa shape index (κ3) is 2.58. The molecular formula is C10H7F3N2O5. The van der Waals surface area contributed by atoms with Crippen molar-refractivity contribution in [1.82, 2.24) is 0 Å². The first-order valence-electron chi connectivity index (χ1n) is 5.03. The molecule has 0 spiro atoms. The molecule has 20 heavy (non-hydrogen) atoms. The summed E-state index contributed by atoms with van der Waals surface area (Å²) in [5.74, 6) is -1.19. The largest absolute Gasteiger partial charge is 0.417 e. The van der Waals surface area contributed by atoms with Gasteiger partial charge in [0.2, 0.25) is 0 Å². The summed E-state index contributed by atoms with van der Waals surface area (Å²) in [5, 5.41) is 21.6. The van der Waals surface area contributed by atoms with E-state index >= 15 is 0 Å². The first-order valence-corrected chi connectivity index (χ1v) is 5.03. The molecule has 0 amide bonds. The van der Waals surface area contributed by atoms with Crippen molar-refractivity contribution in [2.45, 2.75) is 20.0 Å². The lowest BCUT2D eigenvalue weighted by Gasteiger charge is -2.12. The van der Waals surface area contributed by atoms with Gasteiger partial charge in [-0.05, 0) is 13.8 Å². The molecule has 1 aromatic carbocycles. The van der Waals surface area contributed by atoms with Gasteiger partial charge in [0.1, 0.15) is 11.1 Å². The Labute approximate surface area is 109 Å². The summed E-state index contributed by atoms with van der Waals surface area (Å²) in [7, 11) is 0. The van der Waals surface area contributed by atoms with E-state index in [0.717, 1.165) is 13.8 Å². The van der Waals surface area contributed by atoms with Crippen LogP contribution in [0.5, 0.6) is 0 Å². The van der Waals surface area contributed by atoms with Gasteiger partial charge in [0.05, 0.1) is 15.4 Å². The monoisotopic (exact) mass is 292 g/mol. The summed E-state index contributed by atoms with van der Waals surface area (Å²) < 4.78 is 38.5. The van der Waals surface area contributed by atoms with E-state index in [9.17, 15) is 38.2 Å². The average Bonchev–Trinajstić information content (AvgIpc) is 2.25. The van der Waals surface area contributed by atoms with Crippen LogP contribution in [-0.4, -0.2) is 15.6 Å². The molecule has 0 fully saturated rings. The molecule has 0 aromatic heterocycles. The fraction of sp³-hybridized carbons (Fsp3) is 0.300. The highest BCUT2D eigenvalue weighted by Crippen LogP contribution is 2.41. The van der Waals surface area contributed by atoms with E-state index in [1.165, 1.54) is 0 Å². The Balaban J connectivity index is 3.98. The van der Waals surface area contributed by atoms with E-state index in [4.69, 9.17) is 0 Å². The Kier molecular flexibility index (Phi) is 3.78. The number of nitro groups is 2. The van der Waals surface area contributed by atoms with Gasteiger partial charge in [-0.1, -0.05) is 0 Å². The maximum absolute atomic E-state index is 12.8.